The minimum absolute atomic E-state index is 0. The highest BCUT2D eigenvalue weighted by molar-refractivity contribution is 5.85. The maximum Gasteiger partial charge on any atom is 0.255 e. The maximum atomic E-state index is 12.9. The van der Waals surface area contributed by atoms with Crippen LogP contribution < -0.4 is 10.5 Å². The molecule has 2 aromatic heterocycles. The van der Waals surface area contributed by atoms with Crippen molar-refractivity contribution in [2.75, 3.05) is 18.0 Å². The molecule has 0 saturated carbocycles. The Labute approximate surface area is 176 Å². The Balaban J connectivity index is 0.00000240. The van der Waals surface area contributed by atoms with Crippen molar-refractivity contribution in [2.24, 2.45) is 5.41 Å². The first kappa shape index (κ1) is 21.0. The molecule has 1 aromatic carbocycles. The highest BCUT2D eigenvalue weighted by Crippen LogP contribution is 2.31. The van der Waals surface area contributed by atoms with E-state index in [1.807, 2.05) is 47.4 Å². The summed E-state index contributed by atoms with van der Waals surface area (Å²) in [5.41, 5.74) is 2.14. The molecule has 152 valence electrons. The van der Waals surface area contributed by atoms with Crippen molar-refractivity contribution in [1.82, 2.24) is 14.5 Å². The molecule has 0 fully saturated rings. The molecule has 0 aliphatic carbocycles. The number of aliphatic hydroxyl groups excluding tert-OH is 1. The Bertz CT molecular complexity index is 1020. The second-order valence-electron chi connectivity index (χ2n) is 8.07. The van der Waals surface area contributed by atoms with Crippen LogP contribution in [0.4, 0.5) is 5.95 Å². The van der Waals surface area contributed by atoms with E-state index in [4.69, 9.17) is 4.98 Å². The van der Waals surface area contributed by atoms with E-state index in [1.165, 1.54) is 0 Å². The zero-order chi connectivity index (χ0) is 19.7. The van der Waals surface area contributed by atoms with E-state index in [0.717, 1.165) is 11.1 Å². The molecule has 1 aliphatic heterocycles. The van der Waals surface area contributed by atoms with Crippen molar-refractivity contribution in [2.45, 2.75) is 26.5 Å². The summed E-state index contributed by atoms with van der Waals surface area (Å²) < 4.78 is 1.71. The first-order valence-corrected chi connectivity index (χ1v) is 9.43. The number of benzene rings is 1. The van der Waals surface area contributed by atoms with Gasteiger partial charge in [0.05, 0.1) is 18.3 Å². The van der Waals surface area contributed by atoms with Gasteiger partial charge in [-0.2, -0.15) is 0 Å². The molecule has 29 heavy (non-hydrogen) atoms. The molecular formula is C22H25ClN4O2. The average molecular weight is 413 g/mol. The molecule has 0 spiro atoms. The molecule has 0 saturated heterocycles. The number of pyridine rings is 1. The summed E-state index contributed by atoms with van der Waals surface area (Å²) in [6.07, 6.45) is 2.72. The van der Waals surface area contributed by atoms with Crippen LogP contribution in [0.2, 0.25) is 0 Å². The van der Waals surface area contributed by atoms with Gasteiger partial charge in [-0.3, -0.25) is 14.3 Å². The fraction of sp³-hybridized carbons (Fsp3) is 0.318. The van der Waals surface area contributed by atoms with Gasteiger partial charge in [0.2, 0.25) is 5.95 Å². The van der Waals surface area contributed by atoms with Crippen molar-refractivity contribution < 1.29 is 5.11 Å². The van der Waals surface area contributed by atoms with Gasteiger partial charge in [0.15, 0.2) is 0 Å². The number of hydrogen-bond acceptors (Lipinski definition) is 5. The van der Waals surface area contributed by atoms with Crippen molar-refractivity contribution >= 4 is 18.4 Å². The van der Waals surface area contributed by atoms with E-state index in [9.17, 15) is 9.90 Å². The standard InChI is InChI=1S/C22H24N4O2.ClH/c1-22(2)14-25(13-19(27)17-6-4-3-5-7-17)21-24-18(12-20(28)26(21)15-22)16-8-10-23-11-9-16;/h3-12,19,27H,13-15H2,1-2H3;1H. The van der Waals surface area contributed by atoms with Crippen molar-refractivity contribution in [3.63, 3.8) is 0 Å². The number of β-amino-alcohol motifs (C(OH)–C–C–N with tert-alkyl or cyclic N) is 1. The van der Waals surface area contributed by atoms with Gasteiger partial charge in [0.25, 0.3) is 5.56 Å². The molecular weight excluding hydrogens is 388 g/mol. The lowest BCUT2D eigenvalue weighted by Gasteiger charge is -2.41. The van der Waals surface area contributed by atoms with Gasteiger partial charge in [0.1, 0.15) is 0 Å². The fourth-order valence-electron chi connectivity index (χ4n) is 3.76. The van der Waals surface area contributed by atoms with Crippen LogP contribution in [0.15, 0.2) is 65.7 Å². The predicted molar refractivity (Wildman–Crippen MR) is 116 cm³/mol. The van der Waals surface area contributed by atoms with Crippen LogP contribution in [0.1, 0.15) is 25.5 Å². The summed E-state index contributed by atoms with van der Waals surface area (Å²) in [5, 5.41) is 10.8. The molecule has 4 rings (SSSR count). The molecule has 1 atom stereocenters. The number of anilines is 1. The summed E-state index contributed by atoms with van der Waals surface area (Å²) >= 11 is 0. The maximum absolute atomic E-state index is 12.9. The van der Waals surface area contributed by atoms with Gasteiger partial charge in [-0.25, -0.2) is 4.98 Å². The summed E-state index contributed by atoms with van der Waals surface area (Å²) in [4.78, 5) is 23.7. The van der Waals surface area contributed by atoms with Crippen LogP contribution in [0.3, 0.4) is 0 Å². The van der Waals surface area contributed by atoms with Gasteiger partial charge in [-0.1, -0.05) is 44.2 Å². The second-order valence-corrected chi connectivity index (χ2v) is 8.07. The lowest BCUT2D eigenvalue weighted by atomic mass is 9.90. The minimum Gasteiger partial charge on any atom is -0.387 e. The fourth-order valence-corrected chi connectivity index (χ4v) is 3.76. The number of aliphatic hydroxyl groups is 1. The third-order valence-corrected chi connectivity index (χ3v) is 5.03. The zero-order valence-electron chi connectivity index (χ0n) is 16.5. The molecule has 0 amide bonds. The molecule has 1 aliphatic rings. The topological polar surface area (TPSA) is 71.2 Å². The Morgan fingerprint density at radius 3 is 2.48 bits per heavy atom. The largest absolute Gasteiger partial charge is 0.387 e. The van der Waals surface area contributed by atoms with Crippen molar-refractivity contribution in [3.8, 4) is 11.3 Å². The van der Waals surface area contributed by atoms with E-state index >= 15 is 0 Å². The highest BCUT2D eigenvalue weighted by Gasteiger charge is 2.33. The van der Waals surface area contributed by atoms with Crippen LogP contribution in [-0.4, -0.2) is 32.7 Å². The summed E-state index contributed by atoms with van der Waals surface area (Å²) in [5.74, 6) is 0.605. The van der Waals surface area contributed by atoms with Gasteiger partial charge < -0.3 is 10.0 Å². The quantitative estimate of drug-likeness (QED) is 0.711. The molecule has 3 heterocycles. The van der Waals surface area contributed by atoms with Crippen molar-refractivity contribution in [3.05, 3.63) is 76.8 Å². The molecule has 7 heteroatoms. The molecule has 1 N–H and O–H groups in total. The van der Waals surface area contributed by atoms with Crippen LogP contribution in [0.5, 0.6) is 0 Å². The number of fused-ring (bicyclic) bond motifs is 1. The zero-order valence-corrected chi connectivity index (χ0v) is 17.3. The number of nitrogens with zero attached hydrogens (tertiary/aromatic N) is 4. The average Bonchev–Trinajstić information content (AvgIpc) is 2.69. The number of rotatable bonds is 4. The second kappa shape index (κ2) is 8.35. The van der Waals surface area contributed by atoms with E-state index < -0.39 is 6.10 Å². The predicted octanol–water partition coefficient (Wildman–Crippen LogP) is 3.31. The highest BCUT2D eigenvalue weighted by atomic mass is 35.5. The Kier molecular flexibility index (Phi) is 6.05. The lowest BCUT2D eigenvalue weighted by Crippen LogP contribution is -2.48. The lowest BCUT2D eigenvalue weighted by molar-refractivity contribution is 0.171. The minimum atomic E-state index is -0.662. The first-order valence-electron chi connectivity index (χ1n) is 9.43. The van der Waals surface area contributed by atoms with Gasteiger partial charge >= 0.3 is 0 Å². The molecule has 1 unspecified atom stereocenters. The van der Waals surface area contributed by atoms with Crippen LogP contribution >= 0.6 is 12.4 Å². The Hall–Kier alpha value is -2.70. The number of aromatic nitrogens is 3. The number of halogens is 1. The molecule has 3 aromatic rings. The normalized spacial score (nSPS) is 15.9. The first-order chi connectivity index (χ1) is 13.4. The van der Waals surface area contributed by atoms with Crippen LogP contribution in [0, 0.1) is 5.41 Å². The molecule has 0 bridgehead atoms. The number of hydrogen-bond donors (Lipinski definition) is 1. The van der Waals surface area contributed by atoms with E-state index in [0.29, 0.717) is 31.3 Å². The molecule has 0 radical (unpaired) electrons. The Morgan fingerprint density at radius 2 is 1.79 bits per heavy atom. The monoisotopic (exact) mass is 412 g/mol. The molecule has 6 nitrogen and oxygen atoms in total. The van der Waals surface area contributed by atoms with E-state index in [1.54, 1.807) is 23.0 Å². The smallest absolute Gasteiger partial charge is 0.255 e. The van der Waals surface area contributed by atoms with E-state index in [2.05, 4.69) is 18.8 Å². The van der Waals surface area contributed by atoms with Gasteiger partial charge in [-0.05, 0) is 17.7 Å². The van der Waals surface area contributed by atoms with Crippen molar-refractivity contribution in [1.29, 1.82) is 0 Å². The van der Waals surface area contributed by atoms with Gasteiger partial charge in [-0.15, -0.1) is 12.4 Å². The van der Waals surface area contributed by atoms with E-state index in [-0.39, 0.29) is 23.4 Å². The summed E-state index contributed by atoms with van der Waals surface area (Å²) in [7, 11) is 0. The SMILES string of the molecule is CC1(C)CN(CC(O)c2ccccc2)c2nc(-c3ccncc3)cc(=O)n2C1.Cl. The van der Waals surface area contributed by atoms with Crippen LogP contribution in [0.25, 0.3) is 11.3 Å². The summed E-state index contributed by atoms with van der Waals surface area (Å²) in [6, 6.07) is 14.8. The third-order valence-electron chi connectivity index (χ3n) is 5.03. The Morgan fingerprint density at radius 1 is 1.10 bits per heavy atom. The summed E-state index contributed by atoms with van der Waals surface area (Å²) in [6.45, 7) is 5.94. The van der Waals surface area contributed by atoms with Gasteiger partial charge in [0, 0.05) is 42.5 Å². The van der Waals surface area contributed by atoms with Crippen LogP contribution in [-0.2, 0) is 6.54 Å². The third kappa shape index (κ3) is 4.49.